The zero-order valence-corrected chi connectivity index (χ0v) is 11.9. The predicted molar refractivity (Wildman–Crippen MR) is 76.7 cm³/mol. The molecule has 0 radical (unpaired) electrons. The maximum atomic E-state index is 11.3. The fourth-order valence-electron chi connectivity index (χ4n) is 1.74. The minimum Gasteiger partial charge on any atom is -0.477 e. The summed E-state index contributed by atoms with van der Waals surface area (Å²) in [6, 6.07) is 5.66. The molecule has 0 aliphatic carbocycles. The van der Waals surface area contributed by atoms with Gasteiger partial charge in [0, 0.05) is 31.2 Å². The van der Waals surface area contributed by atoms with Crippen molar-refractivity contribution in [1.29, 1.82) is 0 Å². The van der Waals surface area contributed by atoms with E-state index < -0.39 is 10.9 Å². The fourth-order valence-corrected chi connectivity index (χ4v) is 2.65. The normalized spacial score (nSPS) is 10.5. The molecule has 2 aromatic rings. The molecule has 0 unspecified atom stereocenters. The number of nitrogens with zero attached hydrogens (tertiary/aromatic N) is 2. The van der Waals surface area contributed by atoms with Gasteiger partial charge in [-0.15, -0.1) is 11.3 Å². The molecule has 0 bridgehead atoms. The quantitative estimate of drug-likeness (QED) is 0.650. The van der Waals surface area contributed by atoms with Crippen LogP contribution in [0.15, 0.2) is 24.3 Å². The monoisotopic (exact) mass is 308 g/mol. The molecule has 7 nitrogen and oxygen atoms in total. The van der Waals surface area contributed by atoms with Crippen LogP contribution < -0.4 is 0 Å². The average Bonchev–Trinajstić information content (AvgIpc) is 2.89. The van der Waals surface area contributed by atoms with E-state index in [1.54, 1.807) is 7.11 Å². The van der Waals surface area contributed by atoms with E-state index in [1.807, 2.05) is 0 Å². The highest BCUT2D eigenvalue weighted by Gasteiger charge is 2.19. The second-order valence-electron chi connectivity index (χ2n) is 4.14. The molecular formula is C13H12N2O5S. The number of nitro benzene ring substituents is 1. The lowest BCUT2D eigenvalue weighted by Gasteiger charge is -1.98. The third kappa shape index (κ3) is 3.41. The zero-order chi connectivity index (χ0) is 15.4. The molecule has 1 heterocycles. The SMILES string of the molecule is COCCc1nc(-c2ccc([N+](=O)[O-])cc2)c(C(=O)O)s1. The Morgan fingerprint density at radius 1 is 1.43 bits per heavy atom. The number of aromatic nitrogens is 1. The van der Waals surface area contributed by atoms with Crippen molar-refractivity contribution in [3.8, 4) is 11.3 Å². The molecule has 0 saturated heterocycles. The molecule has 110 valence electrons. The fraction of sp³-hybridized carbons (Fsp3) is 0.231. The van der Waals surface area contributed by atoms with E-state index in [0.717, 1.165) is 11.3 Å². The molecule has 21 heavy (non-hydrogen) atoms. The maximum Gasteiger partial charge on any atom is 0.348 e. The van der Waals surface area contributed by atoms with Gasteiger partial charge in [0.1, 0.15) is 4.88 Å². The number of carbonyl (C=O) groups is 1. The van der Waals surface area contributed by atoms with Crippen LogP contribution in [-0.4, -0.2) is 34.7 Å². The van der Waals surface area contributed by atoms with E-state index in [9.17, 15) is 20.0 Å². The Balaban J connectivity index is 2.38. The summed E-state index contributed by atoms with van der Waals surface area (Å²) in [6.07, 6.45) is 0.522. The van der Waals surface area contributed by atoms with E-state index >= 15 is 0 Å². The van der Waals surface area contributed by atoms with Crippen LogP contribution in [0.1, 0.15) is 14.7 Å². The standard InChI is InChI=1S/C13H12N2O5S/c1-20-7-6-10-14-11(12(21-10)13(16)17)8-2-4-9(5-3-8)15(18)19/h2-5H,6-7H2,1H3,(H,16,17). The van der Waals surface area contributed by atoms with Crippen LogP contribution in [0, 0.1) is 10.1 Å². The van der Waals surface area contributed by atoms with E-state index in [1.165, 1.54) is 24.3 Å². The smallest absolute Gasteiger partial charge is 0.348 e. The average molecular weight is 308 g/mol. The van der Waals surface area contributed by atoms with Gasteiger partial charge in [-0.2, -0.15) is 0 Å². The molecule has 1 aromatic heterocycles. The number of aromatic carboxylic acids is 1. The number of ether oxygens (including phenoxy) is 1. The molecule has 1 N–H and O–H groups in total. The van der Waals surface area contributed by atoms with Crippen LogP contribution in [0.4, 0.5) is 5.69 Å². The summed E-state index contributed by atoms with van der Waals surface area (Å²) in [5.41, 5.74) is 0.817. The summed E-state index contributed by atoms with van der Waals surface area (Å²) in [5, 5.41) is 20.5. The Hall–Kier alpha value is -2.32. The molecule has 0 saturated carbocycles. The highest BCUT2D eigenvalue weighted by atomic mass is 32.1. The number of rotatable bonds is 6. The van der Waals surface area contributed by atoms with Gasteiger partial charge in [0.2, 0.25) is 0 Å². The van der Waals surface area contributed by atoms with Gasteiger partial charge in [-0.3, -0.25) is 10.1 Å². The molecule has 0 fully saturated rings. The van der Waals surface area contributed by atoms with Crippen molar-refractivity contribution in [2.45, 2.75) is 6.42 Å². The second-order valence-corrected chi connectivity index (χ2v) is 5.22. The van der Waals surface area contributed by atoms with Crippen molar-refractivity contribution in [3.05, 3.63) is 44.3 Å². The van der Waals surface area contributed by atoms with Crippen molar-refractivity contribution in [2.24, 2.45) is 0 Å². The van der Waals surface area contributed by atoms with E-state index in [4.69, 9.17) is 4.74 Å². The summed E-state index contributed by atoms with van der Waals surface area (Å²) in [7, 11) is 1.56. The van der Waals surface area contributed by atoms with Crippen LogP contribution in [0.2, 0.25) is 0 Å². The molecule has 0 aliphatic rings. The molecule has 0 spiro atoms. The third-order valence-corrected chi connectivity index (χ3v) is 3.84. The minimum absolute atomic E-state index is 0.0505. The lowest BCUT2D eigenvalue weighted by atomic mass is 10.1. The van der Waals surface area contributed by atoms with Crippen LogP contribution in [0.25, 0.3) is 11.3 Å². The Kier molecular flexibility index (Phi) is 4.61. The van der Waals surface area contributed by atoms with Crippen LogP contribution in [-0.2, 0) is 11.2 Å². The number of carboxylic acids is 1. The number of thiazole rings is 1. The van der Waals surface area contributed by atoms with E-state index in [-0.39, 0.29) is 10.6 Å². The molecule has 0 atom stereocenters. The molecule has 0 amide bonds. The number of methoxy groups -OCH3 is 1. The van der Waals surface area contributed by atoms with Crippen molar-refractivity contribution < 1.29 is 19.6 Å². The van der Waals surface area contributed by atoms with Crippen LogP contribution in [0.5, 0.6) is 0 Å². The van der Waals surface area contributed by atoms with Gasteiger partial charge in [-0.05, 0) is 12.1 Å². The Labute approximate surface area is 124 Å². The van der Waals surface area contributed by atoms with Gasteiger partial charge < -0.3 is 9.84 Å². The second kappa shape index (κ2) is 6.42. The molecule has 8 heteroatoms. The molecular weight excluding hydrogens is 296 g/mol. The van der Waals surface area contributed by atoms with Gasteiger partial charge in [-0.25, -0.2) is 9.78 Å². The Morgan fingerprint density at radius 2 is 2.10 bits per heavy atom. The van der Waals surface area contributed by atoms with Crippen molar-refractivity contribution in [3.63, 3.8) is 0 Å². The molecule has 0 aliphatic heterocycles. The first-order chi connectivity index (χ1) is 10.0. The largest absolute Gasteiger partial charge is 0.477 e. The highest BCUT2D eigenvalue weighted by molar-refractivity contribution is 7.14. The predicted octanol–water partition coefficient (Wildman–Crippen LogP) is 2.61. The topological polar surface area (TPSA) is 103 Å². The lowest BCUT2D eigenvalue weighted by molar-refractivity contribution is -0.384. The minimum atomic E-state index is -1.07. The van der Waals surface area contributed by atoms with Crippen LogP contribution in [0.3, 0.4) is 0 Å². The zero-order valence-electron chi connectivity index (χ0n) is 11.1. The van der Waals surface area contributed by atoms with Crippen molar-refractivity contribution >= 4 is 23.0 Å². The number of nitro groups is 1. The number of hydrogen-bond acceptors (Lipinski definition) is 6. The van der Waals surface area contributed by atoms with Crippen molar-refractivity contribution in [2.75, 3.05) is 13.7 Å². The summed E-state index contributed by atoms with van der Waals surface area (Å²) in [5.74, 6) is -1.07. The lowest BCUT2D eigenvalue weighted by Crippen LogP contribution is -1.96. The Morgan fingerprint density at radius 3 is 2.62 bits per heavy atom. The van der Waals surface area contributed by atoms with Crippen LogP contribution >= 0.6 is 11.3 Å². The number of benzene rings is 1. The van der Waals surface area contributed by atoms with Gasteiger partial charge >= 0.3 is 5.97 Å². The molecule has 2 rings (SSSR count). The van der Waals surface area contributed by atoms with Gasteiger partial charge in [-0.1, -0.05) is 0 Å². The van der Waals surface area contributed by atoms with Gasteiger partial charge in [0.05, 0.1) is 22.2 Å². The van der Waals surface area contributed by atoms with Crippen molar-refractivity contribution in [1.82, 2.24) is 4.98 Å². The van der Waals surface area contributed by atoms with E-state index in [2.05, 4.69) is 4.98 Å². The number of carboxylic acid groups (broad SMARTS) is 1. The summed E-state index contributed by atoms with van der Waals surface area (Å²) < 4.78 is 4.95. The first-order valence-electron chi connectivity index (χ1n) is 5.99. The summed E-state index contributed by atoms with van der Waals surface area (Å²) >= 11 is 1.09. The van der Waals surface area contributed by atoms with E-state index in [0.29, 0.717) is 29.3 Å². The Bertz CT molecular complexity index is 666. The molecule has 1 aromatic carbocycles. The number of hydrogen-bond donors (Lipinski definition) is 1. The summed E-state index contributed by atoms with van der Waals surface area (Å²) in [4.78, 5) is 25.8. The summed E-state index contributed by atoms with van der Waals surface area (Å²) in [6.45, 7) is 0.451. The van der Waals surface area contributed by atoms with Gasteiger partial charge in [0.25, 0.3) is 5.69 Å². The number of non-ortho nitro benzene ring substituents is 1. The maximum absolute atomic E-state index is 11.3. The van der Waals surface area contributed by atoms with Gasteiger partial charge in [0.15, 0.2) is 0 Å². The first kappa shape index (κ1) is 15.1. The first-order valence-corrected chi connectivity index (χ1v) is 6.81. The third-order valence-electron chi connectivity index (χ3n) is 2.74. The highest BCUT2D eigenvalue weighted by Crippen LogP contribution is 2.29.